The molecule has 108 valence electrons. The Labute approximate surface area is 116 Å². The third-order valence-corrected chi connectivity index (χ3v) is 3.18. The van der Waals surface area contributed by atoms with Crippen molar-refractivity contribution in [2.75, 3.05) is 11.4 Å². The predicted molar refractivity (Wildman–Crippen MR) is 65.0 cm³/mol. The molecular formula is C11H9ClF3N3O2. The van der Waals surface area contributed by atoms with Gasteiger partial charge in [-0.05, 0) is 12.5 Å². The summed E-state index contributed by atoms with van der Waals surface area (Å²) in [6.45, 7) is 0.244. The molecule has 0 bridgehead atoms. The highest BCUT2D eigenvalue weighted by Crippen LogP contribution is 2.35. The minimum Gasteiger partial charge on any atom is -0.411 e. The maximum atomic E-state index is 12.5. The van der Waals surface area contributed by atoms with Crippen LogP contribution in [0.4, 0.5) is 19.0 Å². The highest BCUT2D eigenvalue weighted by Gasteiger charge is 2.36. The molecule has 20 heavy (non-hydrogen) atoms. The number of rotatable bonds is 2. The van der Waals surface area contributed by atoms with E-state index in [4.69, 9.17) is 16.8 Å². The van der Waals surface area contributed by atoms with E-state index >= 15 is 0 Å². The monoisotopic (exact) mass is 307 g/mol. The molecule has 1 saturated heterocycles. The lowest BCUT2D eigenvalue weighted by Crippen LogP contribution is -2.28. The van der Waals surface area contributed by atoms with Crippen LogP contribution in [0.5, 0.6) is 0 Å². The predicted octanol–water partition coefficient (Wildman–Crippen LogP) is 2.57. The molecule has 1 aliphatic heterocycles. The van der Waals surface area contributed by atoms with Crippen LogP contribution in [-0.4, -0.2) is 28.9 Å². The summed E-state index contributed by atoms with van der Waals surface area (Å²) in [4.78, 5) is 16.7. The molecule has 1 aromatic heterocycles. The van der Waals surface area contributed by atoms with Crippen molar-refractivity contribution >= 4 is 29.5 Å². The molecule has 1 amide bonds. The molecule has 0 radical (unpaired) electrons. The summed E-state index contributed by atoms with van der Waals surface area (Å²) in [5, 5.41) is 10.9. The number of oxime groups is 1. The van der Waals surface area contributed by atoms with Gasteiger partial charge < -0.3 is 5.21 Å². The first-order valence-electron chi connectivity index (χ1n) is 5.56. The van der Waals surface area contributed by atoms with Crippen LogP contribution in [0.15, 0.2) is 17.4 Å². The molecule has 1 unspecified atom stereocenters. The highest BCUT2D eigenvalue weighted by atomic mass is 35.5. The van der Waals surface area contributed by atoms with Gasteiger partial charge >= 0.3 is 6.18 Å². The zero-order valence-electron chi connectivity index (χ0n) is 9.93. The second-order valence-corrected chi connectivity index (χ2v) is 4.58. The Hall–Kier alpha value is -1.83. The molecule has 1 N–H and O–H groups in total. The van der Waals surface area contributed by atoms with Crippen LogP contribution in [0.25, 0.3) is 0 Å². The second kappa shape index (κ2) is 5.28. The van der Waals surface area contributed by atoms with E-state index in [1.807, 2.05) is 0 Å². The third-order valence-electron chi connectivity index (χ3n) is 2.90. The van der Waals surface area contributed by atoms with E-state index in [1.54, 1.807) is 0 Å². The smallest absolute Gasteiger partial charge is 0.411 e. The van der Waals surface area contributed by atoms with E-state index in [0.717, 1.165) is 12.3 Å². The van der Waals surface area contributed by atoms with E-state index in [9.17, 15) is 18.0 Å². The first-order valence-corrected chi connectivity index (χ1v) is 5.94. The molecule has 0 aliphatic carbocycles. The molecule has 2 rings (SSSR count). The first kappa shape index (κ1) is 14.6. The number of anilines is 1. The summed E-state index contributed by atoms with van der Waals surface area (Å²) in [6.07, 6.45) is -2.47. The quantitative estimate of drug-likeness (QED) is 0.519. The molecule has 9 heteroatoms. The minimum absolute atomic E-state index is 0.0292. The second-order valence-electron chi connectivity index (χ2n) is 4.18. The fourth-order valence-corrected chi connectivity index (χ4v) is 2.18. The van der Waals surface area contributed by atoms with Crippen molar-refractivity contribution in [3.05, 3.63) is 22.8 Å². The van der Waals surface area contributed by atoms with Gasteiger partial charge in [0.05, 0.1) is 22.7 Å². The molecule has 2 heterocycles. The molecule has 1 aliphatic rings. The number of carbonyl (C=O) groups is 1. The Bertz CT molecular complexity index is 562. The Morgan fingerprint density at radius 1 is 1.55 bits per heavy atom. The lowest BCUT2D eigenvalue weighted by atomic mass is 10.1. The number of amides is 1. The van der Waals surface area contributed by atoms with E-state index in [0.29, 0.717) is 12.6 Å². The summed E-state index contributed by atoms with van der Waals surface area (Å²) in [5.41, 5.74) is -0.980. The maximum absolute atomic E-state index is 12.5. The van der Waals surface area contributed by atoms with E-state index in [2.05, 4.69) is 10.1 Å². The number of hydrogen-bond acceptors (Lipinski definition) is 4. The Morgan fingerprint density at radius 2 is 2.25 bits per heavy atom. The van der Waals surface area contributed by atoms with Gasteiger partial charge in [0.2, 0.25) is 5.91 Å². The number of aromatic nitrogens is 1. The van der Waals surface area contributed by atoms with Crippen molar-refractivity contribution in [1.29, 1.82) is 0 Å². The van der Waals surface area contributed by atoms with Crippen LogP contribution >= 0.6 is 11.6 Å². The number of alkyl halides is 3. The number of nitrogens with zero attached hydrogens (tertiary/aromatic N) is 3. The summed E-state index contributed by atoms with van der Waals surface area (Å²) < 4.78 is 37.5. The summed E-state index contributed by atoms with van der Waals surface area (Å²) in [6, 6.07) is 0.727. The van der Waals surface area contributed by atoms with Crippen LogP contribution in [0.3, 0.4) is 0 Å². The van der Waals surface area contributed by atoms with Crippen LogP contribution < -0.4 is 4.90 Å². The van der Waals surface area contributed by atoms with E-state index in [1.165, 1.54) is 4.90 Å². The van der Waals surface area contributed by atoms with Gasteiger partial charge in [0.25, 0.3) is 0 Å². The van der Waals surface area contributed by atoms with Gasteiger partial charge in [0.1, 0.15) is 0 Å². The average Bonchev–Trinajstić information content (AvgIpc) is 2.71. The molecule has 0 spiro atoms. The van der Waals surface area contributed by atoms with Gasteiger partial charge in [0, 0.05) is 12.7 Å². The minimum atomic E-state index is -4.55. The SMILES string of the molecule is O=C1C(/C=N/O)CCN1c1ncc(C(F)(F)F)cc1Cl. The van der Waals surface area contributed by atoms with Crippen molar-refractivity contribution in [3.63, 3.8) is 0 Å². The Kier molecular flexibility index (Phi) is 3.85. The van der Waals surface area contributed by atoms with Crippen molar-refractivity contribution < 1.29 is 23.2 Å². The summed E-state index contributed by atoms with van der Waals surface area (Å²) in [7, 11) is 0. The topological polar surface area (TPSA) is 65.8 Å². The highest BCUT2D eigenvalue weighted by molar-refractivity contribution is 6.33. The first-order chi connectivity index (χ1) is 9.34. The van der Waals surface area contributed by atoms with Gasteiger partial charge in [-0.25, -0.2) is 4.98 Å². The van der Waals surface area contributed by atoms with Crippen molar-refractivity contribution in [1.82, 2.24) is 4.98 Å². The average molecular weight is 308 g/mol. The van der Waals surface area contributed by atoms with Crippen molar-refractivity contribution in [2.24, 2.45) is 11.1 Å². The molecule has 0 saturated carbocycles. The zero-order valence-corrected chi connectivity index (χ0v) is 10.7. The number of pyridine rings is 1. The van der Waals surface area contributed by atoms with Gasteiger partial charge in [0.15, 0.2) is 5.82 Å². The fraction of sp³-hybridized carbons (Fsp3) is 0.364. The molecular weight excluding hydrogens is 299 g/mol. The van der Waals surface area contributed by atoms with E-state index in [-0.39, 0.29) is 17.4 Å². The largest absolute Gasteiger partial charge is 0.417 e. The van der Waals surface area contributed by atoms with Crippen molar-refractivity contribution in [3.8, 4) is 0 Å². The lowest BCUT2D eigenvalue weighted by molar-refractivity contribution is -0.137. The zero-order chi connectivity index (χ0) is 14.9. The maximum Gasteiger partial charge on any atom is 0.417 e. The van der Waals surface area contributed by atoms with Gasteiger partial charge in [-0.3, -0.25) is 9.69 Å². The molecule has 0 aromatic carbocycles. The number of hydrogen-bond donors (Lipinski definition) is 1. The van der Waals surface area contributed by atoms with E-state index < -0.39 is 23.6 Å². The summed E-state index contributed by atoms with van der Waals surface area (Å²) in [5.74, 6) is -1.07. The molecule has 1 atom stereocenters. The number of halogens is 4. The van der Waals surface area contributed by atoms with Gasteiger partial charge in [-0.2, -0.15) is 13.2 Å². The Balaban J connectivity index is 2.29. The van der Waals surface area contributed by atoms with Crippen LogP contribution in [0.1, 0.15) is 12.0 Å². The standard InChI is InChI=1S/C11H9ClF3N3O2/c12-8-3-7(11(13,14)15)5-16-9(8)18-2-1-6(4-17-20)10(18)19/h3-6,20H,1-2H2/b17-4+. The third kappa shape index (κ3) is 2.69. The van der Waals surface area contributed by atoms with Crippen LogP contribution in [-0.2, 0) is 11.0 Å². The van der Waals surface area contributed by atoms with Gasteiger partial charge in [-0.15, -0.1) is 5.16 Å². The molecule has 5 nitrogen and oxygen atoms in total. The van der Waals surface area contributed by atoms with Crippen LogP contribution in [0.2, 0.25) is 5.02 Å². The Morgan fingerprint density at radius 3 is 2.80 bits per heavy atom. The fourth-order valence-electron chi connectivity index (χ4n) is 1.92. The summed E-state index contributed by atoms with van der Waals surface area (Å²) >= 11 is 5.77. The van der Waals surface area contributed by atoms with Gasteiger partial charge in [-0.1, -0.05) is 11.6 Å². The lowest BCUT2D eigenvalue weighted by Gasteiger charge is -2.17. The normalized spacial score (nSPS) is 20.1. The van der Waals surface area contributed by atoms with Crippen LogP contribution in [0, 0.1) is 5.92 Å². The number of carbonyl (C=O) groups excluding carboxylic acids is 1. The molecule has 1 aromatic rings. The van der Waals surface area contributed by atoms with Crippen molar-refractivity contribution in [2.45, 2.75) is 12.6 Å². The molecule has 1 fully saturated rings.